The Morgan fingerprint density at radius 1 is 1.50 bits per heavy atom. The number of sulfone groups is 1. The van der Waals surface area contributed by atoms with Gasteiger partial charge in [0.15, 0.2) is 9.84 Å². The molecule has 0 amide bonds. The quantitative estimate of drug-likeness (QED) is 0.789. The van der Waals surface area contributed by atoms with Crippen LogP contribution in [0, 0.1) is 5.92 Å². The van der Waals surface area contributed by atoms with Gasteiger partial charge in [0.05, 0.1) is 17.1 Å². The monoisotopic (exact) mass is 249 g/mol. The minimum absolute atomic E-state index is 0.0650. The van der Waals surface area contributed by atoms with Crippen molar-refractivity contribution in [2.24, 2.45) is 5.92 Å². The molecule has 1 aliphatic heterocycles. The molecule has 0 radical (unpaired) electrons. The number of hydrogen-bond acceptors (Lipinski definition) is 4. The molecule has 2 atom stereocenters. The van der Waals surface area contributed by atoms with E-state index < -0.39 is 15.4 Å². The van der Waals surface area contributed by atoms with Crippen molar-refractivity contribution >= 4 is 9.84 Å². The second-order valence-corrected chi connectivity index (χ2v) is 7.71. The molecule has 1 saturated heterocycles. The fourth-order valence-corrected chi connectivity index (χ4v) is 3.74. The lowest BCUT2D eigenvalue weighted by Crippen LogP contribution is -2.47. The Kier molecular flexibility index (Phi) is 4.03. The predicted octanol–water partition coefficient (Wildman–Crippen LogP) is 0.512. The van der Waals surface area contributed by atoms with Crippen LogP contribution < -0.4 is 0 Å². The first kappa shape index (κ1) is 13.9. The van der Waals surface area contributed by atoms with Crippen molar-refractivity contribution in [3.63, 3.8) is 0 Å². The normalized spacial score (nSPS) is 28.6. The van der Waals surface area contributed by atoms with E-state index in [0.717, 1.165) is 0 Å². The standard InChI is InChI=1S/C11H23NO3S/c1-9(2)11(3,13)8-12(4)10-5-6-16(14,15)7-10/h9-10,13H,5-8H2,1-4H3. The van der Waals surface area contributed by atoms with E-state index in [0.29, 0.717) is 13.0 Å². The third kappa shape index (κ3) is 3.43. The van der Waals surface area contributed by atoms with Crippen molar-refractivity contribution in [2.75, 3.05) is 25.1 Å². The summed E-state index contributed by atoms with van der Waals surface area (Å²) in [7, 11) is -0.948. The van der Waals surface area contributed by atoms with E-state index in [2.05, 4.69) is 0 Å². The molecule has 1 N–H and O–H groups in total. The highest BCUT2D eigenvalue weighted by molar-refractivity contribution is 7.91. The lowest BCUT2D eigenvalue weighted by molar-refractivity contribution is -0.0199. The fourth-order valence-electron chi connectivity index (χ4n) is 1.94. The van der Waals surface area contributed by atoms with E-state index in [-0.39, 0.29) is 23.5 Å². The molecule has 96 valence electrons. The van der Waals surface area contributed by atoms with Crippen LogP contribution in [0.5, 0.6) is 0 Å². The Bertz CT molecular complexity index is 335. The first-order valence-electron chi connectivity index (χ1n) is 5.77. The number of aliphatic hydroxyl groups is 1. The number of rotatable bonds is 4. The highest BCUT2D eigenvalue weighted by Crippen LogP contribution is 2.22. The van der Waals surface area contributed by atoms with Crippen LogP contribution in [0.4, 0.5) is 0 Å². The summed E-state index contributed by atoms with van der Waals surface area (Å²) in [6.45, 7) is 6.26. The van der Waals surface area contributed by atoms with Gasteiger partial charge in [-0.1, -0.05) is 13.8 Å². The Balaban J connectivity index is 2.57. The Hall–Kier alpha value is -0.130. The lowest BCUT2D eigenvalue weighted by Gasteiger charge is -2.34. The highest BCUT2D eigenvalue weighted by Gasteiger charge is 2.34. The van der Waals surface area contributed by atoms with E-state index in [1.165, 1.54) is 0 Å². The topological polar surface area (TPSA) is 57.6 Å². The van der Waals surface area contributed by atoms with Gasteiger partial charge in [-0.2, -0.15) is 0 Å². The van der Waals surface area contributed by atoms with Crippen LogP contribution in [0.1, 0.15) is 27.2 Å². The van der Waals surface area contributed by atoms with Gasteiger partial charge in [-0.15, -0.1) is 0 Å². The minimum Gasteiger partial charge on any atom is -0.389 e. The average Bonchev–Trinajstić information content (AvgIpc) is 2.45. The zero-order chi connectivity index (χ0) is 12.6. The summed E-state index contributed by atoms with van der Waals surface area (Å²) < 4.78 is 22.7. The molecule has 0 aromatic carbocycles. The number of hydrogen-bond donors (Lipinski definition) is 1. The van der Waals surface area contributed by atoms with Crippen molar-refractivity contribution in [2.45, 2.75) is 38.8 Å². The molecule has 0 saturated carbocycles. The molecule has 4 nitrogen and oxygen atoms in total. The van der Waals surface area contributed by atoms with Gasteiger partial charge in [-0.05, 0) is 26.3 Å². The Labute approximate surface area is 98.6 Å². The second-order valence-electron chi connectivity index (χ2n) is 5.48. The molecule has 0 aromatic rings. The van der Waals surface area contributed by atoms with Gasteiger partial charge in [-0.3, -0.25) is 4.90 Å². The summed E-state index contributed by atoms with van der Waals surface area (Å²) in [5.41, 5.74) is -0.763. The predicted molar refractivity (Wildman–Crippen MR) is 65.2 cm³/mol. The van der Waals surface area contributed by atoms with Crippen LogP contribution >= 0.6 is 0 Å². The minimum atomic E-state index is -2.84. The molecule has 16 heavy (non-hydrogen) atoms. The maximum atomic E-state index is 11.4. The van der Waals surface area contributed by atoms with Gasteiger partial charge >= 0.3 is 0 Å². The van der Waals surface area contributed by atoms with Gasteiger partial charge in [0.25, 0.3) is 0 Å². The summed E-state index contributed by atoms with van der Waals surface area (Å²) in [6, 6.07) is 0.0650. The van der Waals surface area contributed by atoms with E-state index in [9.17, 15) is 13.5 Å². The number of nitrogens with zero attached hydrogens (tertiary/aromatic N) is 1. The van der Waals surface area contributed by atoms with Gasteiger partial charge in [-0.25, -0.2) is 8.42 Å². The van der Waals surface area contributed by atoms with Crippen molar-refractivity contribution in [3.05, 3.63) is 0 Å². The van der Waals surface area contributed by atoms with Gasteiger partial charge in [0.2, 0.25) is 0 Å². The van der Waals surface area contributed by atoms with Crippen LogP contribution in [0.2, 0.25) is 0 Å². The van der Waals surface area contributed by atoms with Crippen LogP contribution in [-0.2, 0) is 9.84 Å². The molecule has 1 heterocycles. The van der Waals surface area contributed by atoms with Crippen molar-refractivity contribution < 1.29 is 13.5 Å². The molecule has 0 spiro atoms. The zero-order valence-electron chi connectivity index (χ0n) is 10.6. The van der Waals surface area contributed by atoms with E-state index in [1.54, 1.807) is 6.92 Å². The molecule has 5 heteroatoms. The molecule has 0 aliphatic carbocycles. The third-order valence-electron chi connectivity index (χ3n) is 3.65. The molecule has 1 fully saturated rings. The molecule has 1 rings (SSSR count). The molecule has 0 aromatic heterocycles. The molecular weight excluding hydrogens is 226 g/mol. The first-order valence-corrected chi connectivity index (χ1v) is 7.59. The van der Waals surface area contributed by atoms with Gasteiger partial charge in [0, 0.05) is 12.6 Å². The maximum Gasteiger partial charge on any atom is 0.151 e. The molecule has 0 bridgehead atoms. The summed E-state index contributed by atoms with van der Waals surface area (Å²) in [5, 5.41) is 10.2. The zero-order valence-corrected chi connectivity index (χ0v) is 11.4. The van der Waals surface area contributed by atoms with Crippen LogP contribution in [0.3, 0.4) is 0 Å². The van der Waals surface area contributed by atoms with Crippen LogP contribution in [0.25, 0.3) is 0 Å². The molecule has 1 aliphatic rings. The van der Waals surface area contributed by atoms with E-state index in [1.807, 2.05) is 25.8 Å². The van der Waals surface area contributed by atoms with E-state index in [4.69, 9.17) is 0 Å². The maximum absolute atomic E-state index is 11.4. The Morgan fingerprint density at radius 2 is 2.06 bits per heavy atom. The SMILES string of the molecule is CC(C)C(C)(O)CN(C)C1CCS(=O)(=O)C1. The van der Waals surface area contributed by atoms with Crippen molar-refractivity contribution in [1.29, 1.82) is 0 Å². The number of likely N-dealkylation sites (N-methyl/N-ethyl adjacent to an activating group) is 1. The summed E-state index contributed by atoms with van der Waals surface area (Å²) in [4.78, 5) is 1.98. The van der Waals surface area contributed by atoms with E-state index >= 15 is 0 Å². The van der Waals surface area contributed by atoms with Crippen LogP contribution in [-0.4, -0.2) is 55.2 Å². The first-order chi connectivity index (χ1) is 7.14. The van der Waals surface area contributed by atoms with Crippen molar-refractivity contribution in [1.82, 2.24) is 4.90 Å². The molecular formula is C11H23NO3S. The lowest BCUT2D eigenvalue weighted by atomic mass is 9.91. The third-order valence-corrected chi connectivity index (χ3v) is 5.40. The summed E-state index contributed by atoms with van der Waals surface area (Å²) in [6.07, 6.45) is 0.688. The highest BCUT2D eigenvalue weighted by atomic mass is 32.2. The van der Waals surface area contributed by atoms with Gasteiger partial charge < -0.3 is 5.11 Å². The summed E-state index contributed by atoms with van der Waals surface area (Å²) in [5.74, 6) is 0.678. The second kappa shape index (κ2) is 4.63. The summed E-state index contributed by atoms with van der Waals surface area (Å²) >= 11 is 0. The smallest absolute Gasteiger partial charge is 0.151 e. The van der Waals surface area contributed by atoms with Crippen molar-refractivity contribution in [3.8, 4) is 0 Å². The van der Waals surface area contributed by atoms with Gasteiger partial charge in [0.1, 0.15) is 0 Å². The Morgan fingerprint density at radius 3 is 2.44 bits per heavy atom. The van der Waals surface area contributed by atoms with Crippen LogP contribution in [0.15, 0.2) is 0 Å². The largest absolute Gasteiger partial charge is 0.389 e. The molecule has 2 unspecified atom stereocenters. The average molecular weight is 249 g/mol. The fraction of sp³-hybridized carbons (Fsp3) is 1.00.